The van der Waals surface area contributed by atoms with Crippen molar-refractivity contribution in [2.75, 3.05) is 39.3 Å². The molecule has 10 heteroatoms. The second-order valence-electron chi connectivity index (χ2n) is 12.9. The highest BCUT2D eigenvalue weighted by Gasteiger charge is 2.24. The van der Waals surface area contributed by atoms with Crippen LogP contribution in [-0.4, -0.2) is 82.2 Å². The second-order valence-corrected chi connectivity index (χ2v) is 13.3. The smallest absolute Gasteiger partial charge is 0.410 e. The van der Waals surface area contributed by atoms with Crippen molar-refractivity contribution in [3.63, 3.8) is 0 Å². The Labute approximate surface area is 278 Å². The van der Waals surface area contributed by atoms with Crippen molar-refractivity contribution in [3.8, 4) is 0 Å². The molecule has 0 spiro atoms. The summed E-state index contributed by atoms with van der Waals surface area (Å²) in [6, 6.07) is 10.4. The van der Waals surface area contributed by atoms with Crippen molar-refractivity contribution < 1.29 is 14.3 Å². The molecule has 2 aromatic heterocycles. The number of halogens is 1. The molecular formula is C36H49ClN6O3. The molecule has 3 aliphatic carbocycles. The van der Waals surface area contributed by atoms with E-state index in [9.17, 15) is 9.59 Å². The molecular weight excluding hydrogens is 600 g/mol. The molecule has 1 aliphatic heterocycles. The summed E-state index contributed by atoms with van der Waals surface area (Å²) in [4.78, 5) is 34.8. The monoisotopic (exact) mass is 648 g/mol. The number of amides is 2. The standard InChI is InChI=1S/C14H12ClN.C11H17N3O.C11H20N2O2/c15-13-6-5-12-9-14-10(2-1-7-16-14)3-4-11(12)8-13;1-10-6-13(8-12-10)4-5-14(9-15)7-11-2-3-11;14-11(13-8-6-12-7-9-13)15-10-4-2-1-3-5-10/h1-2,5-8H,3-4,9H2;6,8-9,11H,2-5,7H2,1H3;10,12H,1-9H2. The van der Waals surface area contributed by atoms with Crippen molar-refractivity contribution in [2.45, 2.75) is 83.8 Å². The average Bonchev–Trinajstić information content (AvgIpc) is 3.85. The van der Waals surface area contributed by atoms with Crippen LogP contribution in [0.15, 0.2) is 49.1 Å². The number of piperazine rings is 1. The lowest BCUT2D eigenvalue weighted by Crippen LogP contribution is -2.47. The first-order valence-corrected chi connectivity index (χ1v) is 17.4. The number of pyridine rings is 1. The fourth-order valence-electron chi connectivity index (χ4n) is 6.21. The minimum Gasteiger partial charge on any atom is -0.446 e. The van der Waals surface area contributed by atoms with Gasteiger partial charge in [0.2, 0.25) is 6.41 Å². The van der Waals surface area contributed by atoms with Crippen molar-refractivity contribution in [1.82, 2.24) is 29.7 Å². The van der Waals surface area contributed by atoms with Gasteiger partial charge < -0.3 is 24.4 Å². The summed E-state index contributed by atoms with van der Waals surface area (Å²) in [5.74, 6) is 0.764. The van der Waals surface area contributed by atoms with Gasteiger partial charge in [0.25, 0.3) is 0 Å². The van der Waals surface area contributed by atoms with Gasteiger partial charge in [0, 0.05) is 75.3 Å². The molecule has 0 bridgehead atoms. The summed E-state index contributed by atoms with van der Waals surface area (Å²) in [5, 5.41) is 4.05. The van der Waals surface area contributed by atoms with Gasteiger partial charge in [-0.1, -0.05) is 30.2 Å². The number of hydrogen-bond donors (Lipinski definition) is 1. The molecule has 3 fully saturated rings. The molecule has 4 aliphatic rings. The molecule has 1 aromatic carbocycles. The van der Waals surface area contributed by atoms with Gasteiger partial charge in [-0.3, -0.25) is 9.78 Å². The number of nitrogens with zero attached hydrogens (tertiary/aromatic N) is 5. The minimum absolute atomic E-state index is 0.108. The predicted octanol–water partition coefficient (Wildman–Crippen LogP) is 5.85. The first-order valence-electron chi connectivity index (χ1n) is 17.0. The zero-order valence-corrected chi connectivity index (χ0v) is 28.0. The Kier molecular flexibility index (Phi) is 12.9. The lowest BCUT2D eigenvalue weighted by molar-refractivity contribution is -0.118. The number of benzene rings is 1. The summed E-state index contributed by atoms with van der Waals surface area (Å²) in [7, 11) is 0. The Morgan fingerprint density at radius 3 is 2.54 bits per heavy atom. The normalized spacial score (nSPS) is 17.6. The van der Waals surface area contributed by atoms with Crippen LogP contribution in [0.25, 0.3) is 0 Å². The van der Waals surface area contributed by atoms with Crippen molar-refractivity contribution >= 4 is 24.1 Å². The van der Waals surface area contributed by atoms with E-state index in [1.165, 1.54) is 54.5 Å². The van der Waals surface area contributed by atoms with E-state index in [4.69, 9.17) is 16.3 Å². The van der Waals surface area contributed by atoms with Crippen LogP contribution in [0.2, 0.25) is 5.02 Å². The Morgan fingerprint density at radius 1 is 1.04 bits per heavy atom. The fourth-order valence-corrected chi connectivity index (χ4v) is 6.41. The first kappa shape index (κ1) is 33.9. The molecule has 0 unspecified atom stereocenters. The molecule has 9 nitrogen and oxygen atoms in total. The van der Waals surface area contributed by atoms with E-state index in [2.05, 4.69) is 33.5 Å². The number of imidazole rings is 1. The highest BCUT2D eigenvalue weighted by atomic mass is 35.5. The molecule has 46 heavy (non-hydrogen) atoms. The van der Waals surface area contributed by atoms with Gasteiger partial charge in [-0.25, -0.2) is 9.78 Å². The third-order valence-corrected chi connectivity index (χ3v) is 9.35. The van der Waals surface area contributed by atoms with Gasteiger partial charge in [-0.15, -0.1) is 0 Å². The topological polar surface area (TPSA) is 92.6 Å². The number of rotatable bonds is 7. The number of nitrogens with one attached hydrogen (secondary N) is 1. The summed E-state index contributed by atoms with van der Waals surface area (Å²) >= 11 is 6.03. The number of aromatic nitrogens is 3. The highest BCUT2D eigenvalue weighted by molar-refractivity contribution is 6.30. The largest absolute Gasteiger partial charge is 0.446 e. The maximum absolute atomic E-state index is 11.7. The Hall–Kier alpha value is -3.43. The molecule has 1 N–H and O–H groups in total. The molecule has 3 aromatic rings. The molecule has 2 saturated carbocycles. The van der Waals surface area contributed by atoms with Gasteiger partial charge in [0.1, 0.15) is 6.10 Å². The van der Waals surface area contributed by atoms with Crippen LogP contribution in [0, 0.1) is 12.8 Å². The van der Waals surface area contributed by atoms with Crippen molar-refractivity contribution in [2.24, 2.45) is 5.92 Å². The lowest BCUT2D eigenvalue weighted by Gasteiger charge is -2.29. The van der Waals surface area contributed by atoms with Crippen LogP contribution < -0.4 is 5.32 Å². The molecule has 0 atom stereocenters. The van der Waals surface area contributed by atoms with E-state index < -0.39 is 0 Å². The number of carbonyl (C=O) groups is 2. The first-order chi connectivity index (χ1) is 22.5. The summed E-state index contributed by atoms with van der Waals surface area (Å²) in [6.07, 6.45) is 18.2. The molecule has 3 heterocycles. The van der Waals surface area contributed by atoms with Crippen LogP contribution in [0.4, 0.5) is 4.79 Å². The minimum atomic E-state index is -0.108. The SMILES string of the molecule is Cc1cn(CCN(C=O)CC2CC2)cn1.Clc1ccc2c(c1)CCc1cccnc1C2.O=C(OC1CCCCC1)N1CCNCC1. The van der Waals surface area contributed by atoms with Gasteiger partial charge in [-0.2, -0.15) is 0 Å². The second kappa shape index (κ2) is 17.5. The average molecular weight is 649 g/mol. The number of carbonyl (C=O) groups excluding carboxylic acids is 2. The Bertz CT molecular complexity index is 1400. The van der Waals surface area contributed by atoms with Crippen LogP contribution in [0.3, 0.4) is 0 Å². The van der Waals surface area contributed by atoms with Gasteiger partial charge in [0.15, 0.2) is 0 Å². The van der Waals surface area contributed by atoms with E-state index >= 15 is 0 Å². The van der Waals surface area contributed by atoms with Crippen LogP contribution in [0.1, 0.15) is 73.0 Å². The number of hydrogen-bond acceptors (Lipinski definition) is 6. The van der Waals surface area contributed by atoms with Crippen LogP contribution in [-0.2, 0) is 35.3 Å². The zero-order valence-electron chi connectivity index (χ0n) is 27.2. The Morgan fingerprint density at radius 2 is 1.83 bits per heavy atom. The van der Waals surface area contributed by atoms with Gasteiger partial charge >= 0.3 is 6.09 Å². The molecule has 0 radical (unpaired) electrons. The highest BCUT2D eigenvalue weighted by Crippen LogP contribution is 2.29. The summed E-state index contributed by atoms with van der Waals surface area (Å²) < 4.78 is 7.52. The van der Waals surface area contributed by atoms with Gasteiger partial charge in [-0.05, 0) is 99.1 Å². The van der Waals surface area contributed by atoms with E-state index in [1.54, 1.807) is 0 Å². The number of fused-ring (bicyclic) bond motifs is 2. The predicted molar refractivity (Wildman–Crippen MR) is 181 cm³/mol. The number of aryl methyl sites for hydroxylation is 3. The van der Waals surface area contributed by atoms with Crippen LogP contribution in [0.5, 0.6) is 0 Å². The quantitative estimate of drug-likeness (QED) is 0.324. The molecule has 7 rings (SSSR count). The molecule has 248 valence electrons. The number of ether oxygens (including phenoxy) is 1. The summed E-state index contributed by atoms with van der Waals surface area (Å²) in [6.45, 7) is 7.87. The third-order valence-electron chi connectivity index (χ3n) is 9.12. The van der Waals surface area contributed by atoms with Crippen molar-refractivity contribution in [1.29, 1.82) is 0 Å². The fraction of sp³-hybridized carbons (Fsp3) is 0.556. The molecule has 2 amide bonds. The van der Waals surface area contributed by atoms with Crippen molar-refractivity contribution in [3.05, 3.63) is 82.2 Å². The van der Waals surface area contributed by atoms with E-state index in [-0.39, 0.29) is 12.2 Å². The molecule has 1 saturated heterocycles. The van der Waals surface area contributed by atoms with Gasteiger partial charge in [0.05, 0.1) is 12.0 Å². The van der Waals surface area contributed by atoms with E-state index in [0.717, 1.165) is 101 Å². The Balaban J connectivity index is 0.000000136. The van der Waals surface area contributed by atoms with E-state index in [0.29, 0.717) is 0 Å². The lowest BCUT2D eigenvalue weighted by atomic mass is 9.98. The summed E-state index contributed by atoms with van der Waals surface area (Å²) in [5.41, 5.74) is 6.33. The third kappa shape index (κ3) is 10.8. The van der Waals surface area contributed by atoms with Crippen LogP contribution >= 0.6 is 11.6 Å². The van der Waals surface area contributed by atoms with E-state index in [1.807, 2.05) is 52.1 Å². The maximum Gasteiger partial charge on any atom is 0.410 e. The maximum atomic E-state index is 11.7. The zero-order chi connectivity index (χ0) is 32.1.